The maximum atomic E-state index is 12.3. The molecule has 0 saturated heterocycles. The molecule has 7 heteroatoms. The van der Waals surface area contributed by atoms with E-state index in [0.29, 0.717) is 0 Å². The Kier molecular flexibility index (Phi) is 13.4. The summed E-state index contributed by atoms with van der Waals surface area (Å²) in [4.78, 5) is 10.0. The van der Waals surface area contributed by atoms with Gasteiger partial charge in [0.15, 0.2) is 0 Å². The lowest BCUT2D eigenvalue weighted by Gasteiger charge is -2.07. The molecule has 0 fully saturated rings. The Morgan fingerprint density at radius 1 is 1.50 bits per heavy atom. The van der Waals surface area contributed by atoms with Gasteiger partial charge < -0.3 is 16.6 Å². The van der Waals surface area contributed by atoms with Crippen molar-refractivity contribution in [1.82, 2.24) is 0 Å². The Bertz CT molecular complexity index is 128. The van der Waals surface area contributed by atoms with Crippen LogP contribution in [0.1, 0.15) is 6.42 Å². The molecule has 0 spiro atoms. The lowest BCUT2D eigenvalue weighted by molar-refractivity contribution is -0.139. The van der Waals surface area contributed by atoms with Crippen molar-refractivity contribution in [3.63, 3.8) is 0 Å². The van der Waals surface area contributed by atoms with Gasteiger partial charge in [0.05, 0.1) is 0 Å². The molecule has 0 aliphatic carbocycles. The van der Waals surface area contributed by atoms with Gasteiger partial charge in [-0.25, -0.2) is 4.39 Å². The zero-order valence-electron chi connectivity index (χ0n) is 6.27. The van der Waals surface area contributed by atoms with Gasteiger partial charge in [-0.05, 0) is 0 Å². The Labute approximate surface area is 82.3 Å². The average molecular weight is 223 g/mol. The number of carboxylic acid groups (broad SMARTS) is 1. The molecule has 0 heterocycles. The summed E-state index contributed by atoms with van der Waals surface area (Å²) in [5.74, 6) is -1.20. The predicted molar refractivity (Wildman–Crippen MR) is 48.7 cm³/mol. The van der Waals surface area contributed by atoms with E-state index in [1.165, 1.54) is 0 Å². The number of aliphatic carboxylic acids is 1. The molecule has 0 aromatic rings. The summed E-state index contributed by atoms with van der Waals surface area (Å²) < 4.78 is 12.3. The van der Waals surface area contributed by atoms with E-state index in [0.717, 1.165) is 0 Å². The second kappa shape index (κ2) is 8.99. The van der Waals surface area contributed by atoms with Crippen molar-refractivity contribution in [2.75, 3.05) is 6.54 Å². The third-order valence-electron chi connectivity index (χ3n) is 1.08. The van der Waals surface area contributed by atoms with Crippen molar-refractivity contribution in [2.45, 2.75) is 18.6 Å². The van der Waals surface area contributed by atoms with Crippen molar-refractivity contribution in [3.05, 3.63) is 0 Å². The predicted octanol–water partition coefficient (Wildman–Crippen LogP) is -0.0712. The van der Waals surface area contributed by atoms with Gasteiger partial charge in [0.25, 0.3) is 0 Å². The maximum absolute atomic E-state index is 12.3. The van der Waals surface area contributed by atoms with Crippen molar-refractivity contribution < 1.29 is 14.3 Å². The summed E-state index contributed by atoms with van der Waals surface area (Å²) in [5, 5.41) is 8.19. The first-order chi connectivity index (χ1) is 4.57. The molecule has 0 rings (SSSR count). The van der Waals surface area contributed by atoms with Crippen molar-refractivity contribution in [3.8, 4) is 0 Å². The molecule has 0 aliphatic heterocycles. The largest absolute Gasteiger partial charge is 0.480 e. The molecule has 12 heavy (non-hydrogen) atoms. The molecule has 0 aromatic carbocycles. The fourth-order valence-corrected chi connectivity index (χ4v) is 0.473. The highest BCUT2D eigenvalue weighted by Gasteiger charge is 2.16. The molecule has 0 radical (unpaired) electrons. The molecule has 0 amide bonds. The summed E-state index contributed by atoms with van der Waals surface area (Å²) in [5.41, 5.74) is 9.89. The van der Waals surface area contributed by atoms with Crippen LogP contribution in [0.15, 0.2) is 0 Å². The van der Waals surface area contributed by atoms with Crippen LogP contribution in [0.4, 0.5) is 4.39 Å². The smallest absolute Gasteiger partial charge is 0.320 e. The first kappa shape index (κ1) is 17.8. The van der Waals surface area contributed by atoms with E-state index in [9.17, 15) is 9.18 Å². The van der Waals surface area contributed by atoms with E-state index >= 15 is 0 Å². The van der Waals surface area contributed by atoms with E-state index in [1.54, 1.807) is 0 Å². The van der Waals surface area contributed by atoms with Gasteiger partial charge >= 0.3 is 5.97 Å². The van der Waals surface area contributed by atoms with E-state index in [4.69, 9.17) is 16.6 Å². The zero-order chi connectivity index (χ0) is 8.15. The molecule has 0 saturated carbocycles. The molecular formula is C5H13Cl2FN2O2. The molecular weight excluding hydrogens is 210 g/mol. The van der Waals surface area contributed by atoms with E-state index in [-0.39, 0.29) is 37.8 Å². The highest BCUT2D eigenvalue weighted by molar-refractivity contribution is 5.85. The SMILES string of the molecule is Cl.Cl.NCC(F)C[C@@H](N)C(=O)O. The van der Waals surface area contributed by atoms with E-state index in [1.807, 2.05) is 0 Å². The summed E-state index contributed by atoms with van der Waals surface area (Å²) in [6, 6.07) is -1.14. The van der Waals surface area contributed by atoms with Gasteiger partial charge in [-0.3, -0.25) is 4.79 Å². The fourth-order valence-electron chi connectivity index (χ4n) is 0.473. The topological polar surface area (TPSA) is 89.3 Å². The van der Waals surface area contributed by atoms with Crippen LogP contribution in [0.3, 0.4) is 0 Å². The summed E-state index contributed by atoms with van der Waals surface area (Å²) >= 11 is 0. The van der Waals surface area contributed by atoms with Gasteiger partial charge in [0.1, 0.15) is 12.2 Å². The fraction of sp³-hybridized carbons (Fsp3) is 0.800. The summed E-state index contributed by atoms with van der Waals surface area (Å²) in [6.07, 6.45) is -1.53. The van der Waals surface area contributed by atoms with Crippen LogP contribution in [0.5, 0.6) is 0 Å². The Morgan fingerprint density at radius 3 is 2.17 bits per heavy atom. The van der Waals surface area contributed by atoms with E-state index < -0.39 is 18.2 Å². The number of hydrogen-bond acceptors (Lipinski definition) is 3. The van der Waals surface area contributed by atoms with Crippen LogP contribution in [-0.2, 0) is 4.79 Å². The molecule has 76 valence electrons. The number of nitrogens with two attached hydrogens (primary N) is 2. The number of alkyl halides is 1. The second-order valence-corrected chi connectivity index (χ2v) is 2.01. The maximum Gasteiger partial charge on any atom is 0.320 e. The van der Waals surface area contributed by atoms with Gasteiger partial charge in [-0.1, -0.05) is 0 Å². The number of carbonyl (C=O) groups is 1. The van der Waals surface area contributed by atoms with E-state index in [2.05, 4.69) is 0 Å². The van der Waals surface area contributed by atoms with Crippen LogP contribution in [0, 0.1) is 0 Å². The highest BCUT2D eigenvalue weighted by atomic mass is 35.5. The van der Waals surface area contributed by atoms with Gasteiger partial charge in [0.2, 0.25) is 0 Å². The van der Waals surface area contributed by atoms with Gasteiger partial charge in [-0.2, -0.15) is 0 Å². The molecule has 2 atom stereocenters. The minimum absolute atomic E-state index is 0. The van der Waals surface area contributed by atoms with Crippen LogP contribution in [0.25, 0.3) is 0 Å². The van der Waals surface area contributed by atoms with Gasteiger partial charge in [-0.15, -0.1) is 24.8 Å². The summed E-state index contributed by atoms with van der Waals surface area (Å²) in [7, 11) is 0. The third kappa shape index (κ3) is 8.00. The molecule has 4 nitrogen and oxygen atoms in total. The Balaban J connectivity index is -0.000000405. The number of halogens is 3. The molecule has 5 N–H and O–H groups in total. The molecule has 0 aromatic heterocycles. The number of hydrogen-bond donors (Lipinski definition) is 3. The van der Waals surface area contributed by atoms with Crippen molar-refractivity contribution >= 4 is 30.8 Å². The molecule has 1 unspecified atom stereocenters. The minimum atomic E-state index is -1.31. The van der Waals surface area contributed by atoms with Crippen molar-refractivity contribution in [2.24, 2.45) is 11.5 Å². The lowest BCUT2D eigenvalue weighted by atomic mass is 10.1. The van der Waals surface area contributed by atoms with Crippen LogP contribution >= 0.6 is 24.8 Å². The van der Waals surface area contributed by atoms with Crippen LogP contribution in [0.2, 0.25) is 0 Å². The first-order valence-corrected chi connectivity index (χ1v) is 2.90. The van der Waals surface area contributed by atoms with Gasteiger partial charge in [0, 0.05) is 13.0 Å². The third-order valence-corrected chi connectivity index (χ3v) is 1.08. The zero-order valence-corrected chi connectivity index (χ0v) is 7.91. The standard InChI is InChI=1S/C5H11FN2O2.2ClH/c6-3(2-7)1-4(8)5(9)10;;/h3-4H,1-2,7-8H2,(H,9,10);2*1H/t3?,4-;;/m1../s1. The number of carboxylic acids is 1. The van der Waals surface area contributed by atoms with Crippen LogP contribution in [-0.4, -0.2) is 29.8 Å². The Morgan fingerprint density at radius 2 is 1.92 bits per heavy atom. The monoisotopic (exact) mass is 222 g/mol. The minimum Gasteiger partial charge on any atom is -0.480 e. The lowest BCUT2D eigenvalue weighted by Crippen LogP contribution is -2.34. The first-order valence-electron chi connectivity index (χ1n) is 2.90. The average Bonchev–Trinajstić information content (AvgIpc) is 1.87. The molecule has 0 bridgehead atoms. The highest BCUT2D eigenvalue weighted by Crippen LogP contribution is 1.98. The quantitative estimate of drug-likeness (QED) is 0.622. The number of rotatable bonds is 4. The summed E-state index contributed by atoms with van der Waals surface area (Å²) in [6.45, 7) is -0.180. The Hall–Kier alpha value is -0.100. The van der Waals surface area contributed by atoms with Crippen LogP contribution < -0.4 is 11.5 Å². The normalized spacial score (nSPS) is 13.6. The second-order valence-electron chi connectivity index (χ2n) is 2.01. The van der Waals surface area contributed by atoms with Crippen molar-refractivity contribution in [1.29, 1.82) is 0 Å². The molecule has 0 aliphatic rings.